The Balaban J connectivity index is 0.00000280. The van der Waals surface area contributed by atoms with E-state index in [1.54, 1.807) is 31.3 Å². The van der Waals surface area contributed by atoms with Gasteiger partial charge < -0.3 is 10.6 Å². The number of benzene rings is 1. The van der Waals surface area contributed by atoms with Gasteiger partial charge in [-0.1, -0.05) is 19.3 Å². The van der Waals surface area contributed by atoms with Gasteiger partial charge in [-0.05, 0) is 63.4 Å². The molecular weight excluding hydrogens is 398 g/mol. The van der Waals surface area contributed by atoms with E-state index >= 15 is 0 Å². The van der Waals surface area contributed by atoms with Crippen molar-refractivity contribution in [1.29, 1.82) is 0 Å². The van der Waals surface area contributed by atoms with Gasteiger partial charge in [0, 0.05) is 30.7 Å². The largest absolute Gasteiger partial charge is 0.349 e. The van der Waals surface area contributed by atoms with Crippen LogP contribution in [0.5, 0.6) is 0 Å². The van der Waals surface area contributed by atoms with Crippen LogP contribution in [-0.2, 0) is 10.0 Å². The van der Waals surface area contributed by atoms with Gasteiger partial charge in [-0.25, -0.2) is 8.42 Å². The zero-order valence-corrected chi connectivity index (χ0v) is 18.3. The zero-order valence-electron chi connectivity index (χ0n) is 16.7. The predicted molar refractivity (Wildman–Crippen MR) is 113 cm³/mol. The first-order valence-corrected chi connectivity index (χ1v) is 11.4. The number of amides is 1. The third-order valence-electron chi connectivity index (χ3n) is 5.84. The van der Waals surface area contributed by atoms with Crippen LogP contribution in [0, 0.1) is 0 Å². The lowest BCUT2D eigenvalue weighted by molar-refractivity contribution is 0.0925. The van der Waals surface area contributed by atoms with E-state index in [2.05, 4.69) is 17.6 Å². The first kappa shape index (κ1) is 23.1. The van der Waals surface area contributed by atoms with Crippen LogP contribution in [0.2, 0.25) is 0 Å². The van der Waals surface area contributed by atoms with Crippen LogP contribution in [0.25, 0.3) is 0 Å². The Labute approximate surface area is 174 Å². The molecule has 0 radical (unpaired) electrons. The van der Waals surface area contributed by atoms with Crippen molar-refractivity contribution in [1.82, 2.24) is 14.9 Å². The minimum absolute atomic E-state index is 0. The summed E-state index contributed by atoms with van der Waals surface area (Å²) in [7, 11) is -1.85. The number of carbonyl (C=O) groups excluding carboxylic acids is 1. The second kappa shape index (κ2) is 10.1. The summed E-state index contributed by atoms with van der Waals surface area (Å²) in [4.78, 5) is 12.7. The van der Waals surface area contributed by atoms with Crippen molar-refractivity contribution in [3.05, 3.63) is 29.8 Å². The van der Waals surface area contributed by atoms with Gasteiger partial charge in [0.25, 0.3) is 5.91 Å². The fraction of sp³-hybridized carbons (Fsp3) is 0.650. The molecule has 1 heterocycles. The Kier molecular flexibility index (Phi) is 8.30. The maximum Gasteiger partial charge on any atom is 0.251 e. The molecule has 6 nitrogen and oxygen atoms in total. The van der Waals surface area contributed by atoms with Crippen molar-refractivity contribution in [2.45, 2.75) is 74.9 Å². The molecule has 1 aliphatic carbocycles. The monoisotopic (exact) mass is 429 g/mol. The zero-order chi connectivity index (χ0) is 19.4. The molecule has 1 aromatic rings. The fourth-order valence-electron chi connectivity index (χ4n) is 4.12. The van der Waals surface area contributed by atoms with Gasteiger partial charge in [0.2, 0.25) is 10.0 Å². The average molecular weight is 430 g/mol. The van der Waals surface area contributed by atoms with Crippen molar-refractivity contribution in [3.8, 4) is 0 Å². The van der Waals surface area contributed by atoms with E-state index in [1.165, 1.54) is 10.7 Å². The molecule has 2 aliphatic rings. The van der Waals surface area contributed by atoms with E-state index in [0.29, 0.717) is 11.6 Å². The lowest BCUT2D eigenvalue weighted by Crippen LogP contribution is -2.46. The number of carbonyl (C=O) groups is 1. The smallest absolute Gasteiger partial charge is 0.251 e. The molecular formula is C20H32ClN3O3S. The molecule has 2 atom stereocenters. The van der Waals surface area contributed by atoms with Crippen LogP contribution in [-0.4, -0.2) is 50.3 Å². The molecule has 0 bridgehead atoms. The van der Waals surface area contributed by atoms with Gasteiger partial charge in [0.05, 0.1) is 4.90 Å². The molecule has 1 aliphatic heterocycles. The van der Waals surface area contributed by atoms with Crippen molar-refractivity contribution in [2.24, 2.45) is 0 Å². The highest BCUT2D eigenvalue weighted by atomic mass is 35.5. The summed E-state index contributed by atoms with van der Waals surface area (Å²) in [5, 5.41) is 6.42. The second-order valence-corrected chi connectivity index (χ2v) is 9.88. The number of piperidine rings is 1. The molecule has 1 saturated heterocycles. The highest BCUT2D eigenvalue weighted by Gasteiger charge is 2.29. The molecule has 158 valence electrons. The van der Waals surface area contributed by atoms with E-state index in [1.807, 2.05) is 0 Å². The van der Waals surface area contributed by atoms with E-state index < -0.39 is 10.0 Å². The van der Waals surface area contributed by atoms with Crippen LogP contribution in [0.1, 0.15) is 62.2 Å². The highest BCUT2D eigenvalue weighted by molar-refractivity contribution is 7.89. The Morgan fingerprint density at radius 1 is 1.11 bits per heavy atom. The van der Waals surface area contributed by atoms with E-state index in [0.717, 1.165) is 45.1 Å². The lowest BCUT2D eigenvalue weighted by atomic mass is 9.96. The molecule has 28 heavy (non-hydrogen) atoms. The molecule has 8 heteroatoms. The molecule has 1 saturated carbocycles. The Hall–Kier alpha value is -1.15. The predicted octanol–water partition coefficient (Wildman–Crippen LogP) is 2.93. The number of nitrogens with zero attached hydrogens (tertiary/aromatic N) is 1. The maximum atomic E-state index is 12.9. The molecule has 2 unspecified atom stereocenters. The Morgan fingerprint density at radius 3 is 2.36 bits per heavy atom. The molecule has 0 aromatic heterocycles. The average Bonchev–Trinajstić information content (AvgIpc) is 2.68. The van der Waals surface area contributed by atoms with E-state index in [4.69, 9.17) is 0 Å². The molecule has 3 rings (SSSR count). The maximum absolute atomic E-state index is 12.9. The lowest BCUT2D eigenvalue weighted by Gasteiger charge is -2.30. The Morgan fingerprint density at radius 2 is 1.75 bits per heavy atom. The van der Waals surface area contributed by atoms with Gasteiger partial charge in [0.15, 0.2) is 0 Å². The quantitative estimate of drug-likeness (QED) is 0.754. The summed E-state index contributed by atoms with van der Waals surface area (Å²) in [5.41, 5.74) is 0.500. The van der Waals surface area contributed by atoms with Crippen molar-refractivity contribution in [2.75, 3.05) is 13.6 Å². The van der Waals surface area contributed by atoms with Crippen LogP contribution < -0.4 is 10.6 Å². The third-order valence-corrected chi connectivity index (χ3v) is 7.77. The van der Waals surface area contributed by atoms with Gasteiger partial charge >= 0.3 is 0 Å². The van der Waals surface area contributed by atoms with Gasteiger partial charge in [-0.2, -0.15) is 4.31 Å². The second-order valence-electron chi connectivity index (χ2n) is 7.89. The van der Waals surface area contributed by atoms with E-state index in [-0.39, 0.29) is 35.3 Å². The van der Waals surface area contributed by atoms with Crippen LogP contribution >= 0.6 is 12.4 Å². The molecule has 1 aromatic carbocycles. The van der Waals surface area contributed by atoms with Crippen molar-refractivity contribution in [3.63, 3.8) is 0 Å². The summed E-state index contributed by atoms with van der Waals surface area (Å²) in [6, 6.07) is 6.96. The molecule has 1 amide bonds. The number of nitrogens with one attached hydrogen (secondary N) is 2. The Bertz CT molecular complexity index is 748. The van der Waals surface area contributed by atoms with Crippen LogP contribution in [0.3, 0.4) is 0 Å². The van der Waals surface area contributed by atoms with Crippen molar-refractivity contribution < 1.29 is 13.2 Å². The SMILES string of the molecule is CC1CC(NC(=O)c2ccc(S(=O)(=O)N(C)C3CCCCC3)cc2)CCN1.Cl. The molecule has 0 spiro atoms. The van der Waals surface area contributed by atoms with Gasteiger partial charge in [-0.3, -0.25) is 4.79 Å². The van der Waals surface area contributed by atoms with Gasteiger partial charge in [0.1, 0.15) is 0 Å². The van der Waals surface area contributed by atoms with Crippen LogP contribution in [0.4, 0.5) is 0 Å². The summed E-state index contributed by atoms with van der Waals surface area (Å²) in [5.74, 6) is -0.140. The topological polar surface area (TPSA) is 78.5 Å². The summed E-state index contributed by atoms with van der Waals surface area (Å²) in [6.45, 7) is 3.01. The molecule has 2 N–H and O–H groups in total. The summed E-state index contributed by atoms with van der Waals surface area (Å²) in [6.07, 6.45) is 7.01. The molecule has 2 fully saturated rings. The number of halogens is 1. The number of hydrogen-bond acceptors (Lipinski definition) is 4. The fourth-order valence-corrected chi connectivity index (χ4v) is 5.53. The summed E-state index contributed by atoms with van der Waals surface area (Å²) < 4.78 is 27.3. The minimum Gasteiger partial charge on any atom is -0.349 e. The first-order valence-electron chi connectivity index (χ1n) is 10.0. The van der Waals surface area contributed by atoms with Crippen molar-refractivity contribution >= 4 is 28.3 Å². The van der Waals surface area contributed by atoms with E-state index in [9.17, 15) is 13.2 Å². The number of rotatable bonds is 5. The first-order chi connectivity index (χ1) is 12.9. The van der Waals surface area contributed by atoms with Crippen LogP contribution in [0.15, 0.2) is 29.2 Å². The third kappa shape index (κ3) is 5.47. The number of hydrogen-bond donors (Lipinski definition) is 2. The highest BCUT2D eigenvalue weighted by Crippen LogP contribution is 2.26. The summed E-state index contributed by atoms with van der Waals surface area (Å²) >= 11 is 0. The minimum atomic E-state index is -3.52. The van der Waals surface area contributed by atoms with Gasteiger partial charge in [-0.15, -0.1) is 12.4 Å². The normalized spacial score (nSPS) is 23.8. The number of sulfonamides is 1. The standard InChI is InChI=1S/C20H31N3O3S.ClH/c1-15-14-17(12-13-21-15)22-20(24)16-8-10-19(11-9-16)27(25,26)23(2)18-6-4-3-5-7-18;/h8-11,15,17-18,21H,3-7,12-14H2,1-2H3,(H,22,24);1H.